The Balaban J connectivity index is 2.55. The Morgan fingerprint density at radius 2 is 2.06 bits per heavy atom. The van der Waals surface area contributed by atoms with Crippen LogP contribution < -0.4 is 5.73 Å². The summed E-state index contributed by atoms with van der Waals surface area (Å²) >= 11 is 0. The van der Waals surface area contributed by atoms with E-state index in [2.05, 4.69) is 0 Å². The number of hydrogen-bond acceptors (Lipinski definition) is 3. The number of ether oxygens (including phenoxy) is 1. The van der Waals surface area contributed by atoms with Gasteiger partial charge in [-0.1, -0.05) is 18.2 Å². The van der Waals surface area contributed by atoms with Gasteiger partial charge >= 0.3 is 0 Å². The summed E-state index contributed by atoms with van der Waals surface area (Å²) in [6, 6.07) is 9.00. The van der Waals surface area contributed by atoms with Gasteiger partial charge in [0.1, 0.15) is 0 Å². The van der Waals surface area contributed by atoms with Gasteiger partial charge in [-0.25, -0.2) is 0 Å². The summed E-state index contributed by atoms with van der Waals surface area (Å²) in [4.78, 5) is 13.5. The number of methoxy groups -OCH3 is 1. The fraction of sp³-hybridized carbons (Fsp3) is 0.417. The molecule has 4 nitrogen and oxygen atoms in total. The van der Waals surface area contributed by atoms with E-state index in [-0.39, 0.29) is 11.9 Å². The van der Waals surface area contributed by atoms with Crippen LogP contribution in [0.1, 0.15) is 10.4 Å². The van der Waals surface area contributed by atoms with Crippen molar-refractivity contribution < 1.29 is 9.53 Å². The lowest BCUT2D eigenvalue weighted by atomic mass is 10.2. The number of amides is 1. The van der Waals surface area contributed by atoms with Crippen molar-refractivity contribution in [3.05, 3.63) is 35.9 Å². The number of likely N-dealkylation sites (N-methyl/N-ethyl adjacent to an activating group) is 1. The van der Waals surface area contributed by atoms with Crippen molar-refractivity contribution in [2.75, 3.05) is 27.3 Å². The van der Waals surface area contributed by atoms with Crippen molar-refractivity contribution in [2.45, 2.75) is 6.04 Å². The molecule has 0 saturated carbocycles. The van der Waals surface area contributed by atoms with Crippen molar-refractivity contribution in [3.8, 4) is 0 Å². The number of nitrogens with zero attached hydrogens (tertiary/aromatic N) is 1. The van der Waals surface area contributed by atoms with Gasteiger partial charge in [-0.3, -0.25) is 4.79 Å². The van der Waals surface area contributed by atoms with Crippen molar-refractivity contribution in [1.82, 2.24) is 4.90 Å². The fourth-order valence-electron chi connectivity index (χ4n) is 1.50. The molecule has 0 aromatic heterocycles. The third-order valence-electron chi connectivity index (χ3n) is 2.26. The lowest BCUT2D eigenvalue weighted by Crippen LogP contribution is -2.41. The smallest absolute Gasteiger partial charge is 0.253 e. The van der Waals surface area contributed by atoms with E-state index in [1.165, 1.54) is 0 Å². The molecule has 1 aromatic rings. The lowest BCUT2D eigenvalue weighted by Gasteiger charge is -2.21. The van der Waals surface area contributed by atoms with Gasteiger partial charge in [-0.2, -0.15) is 0 Å². The molecule has 0 bridgehead atoms. The van der Waals surface area contributed by atoms with E-state index in [0.717, 1.165) is 0 Å². The molecule has 0 aliphatic carbocycles. The van der Waals surface area contributed by atoms with Crippen LogP contribution in [0.4, 0.5) is 0 Å². The van der Waals surface area contributed by atoms with Crippen LogP contribution in [0, 0.1) is 0 Å². The molecule has 0 spiro atoms. The van der Waals surface area contributed by atoms with E-state index in [1.807, 2.05) is 18.2 Å². The maximum absolute atomic E-state index is 11.9. The van der Waals surface area contributed by atoms with Gasteiger partial charge in [-0.15, -0.1) is 0 Å². The van der Waals surface area contributed by atoms with Gasteiger partial charge in [0, 0.05) is 32.3 Å². The highest BCUT2D eigenvalue weighted by Gasteiger charge is 2.13. The molecule has 1 rings (SSSR count). The minimum Gasteiger partial charge on any atom is -0.383 e. The molecule has 4 heteroatoms. The van der Waals surface area contributed by atoms with Gasteiger partial charge in [0.05, 0.1) is 6.61 Å². The SMILES string of the molecule is COCC(N)CN(C)C(=O)c1ccccc1. The predicted octanol–water partition coefficient (Wildman–Crippen LogP) is 0.732. The summed E-state index contributed by atoms with van der Waals surface area (Å²) in [5.74, 6) is -0.0212. The van der Waals surface area contributed by atoms with Crippen molar-refractivity contribution in [1.29, 1.82) is 0 Å². The third kappa shape index (κ3) is 3.64. The molecular formula is C12H18N2O2. The van der Waals surface area contributed by atoms with Crippen LogP contribution in [0.2, 0.25) is 0 Å². The van der Waals surface area contributed by atoms with Crippen molar-refractivity contribution in [3.63, 3.8) is 0 Å². The Labute approximate surface area is 96.0 Å². The Bertz CT molecular complexity index is 327. The second kappa shape index (κ2) is 6.25. The van der Waals surface area contributed by atoms with Gasteiger partial charge in [0.25, 0.3) is 5.91 Å². The summed E-state index contributed by atoms with van der Waals surface area (Å²) in [6.07, 6.45) is 0. The minimum absolute atomic E-state index is 0.0212. The van der Waals surface area contributed by atoms with Gasteiger partial charge in [0.2, 0.25) is 0 Å². The van der Waals surface area contributed by atoms with Crippen LogP contribution in [0.5, 0.6) is 0 Å². The van der Waals surface area contributed by atoms with E-state index in [4.69, 9.17) is 10.5 Å². The second-order valence-corrected chi connectivity index (χ2v) is 3.77. The van der Waals surface area contributed by atoms with Crippen LogP contribution >= 0.6 is 0 Å². The van der Waals surface area contributed by atoms with Crippen LogP contribution in [0.15, 0.2) is 30.3 Å². The molecule has 0 saturated heterocycles. The van der Waals surface area contributed by atoms with Crippen LogP contribution in [-0.2, 0) is 4.74 Å². The summed E-state index contributed by atoms with van der Waals surface area (Å²) in [5, 5.41) is 0. The first-order chi connectivity index (χ1) is 7.65. The molecule has 16 heavy (non-hydrogen) atoms. The van der Waals surface area contributed by atoms with Crippen LogP contribution in [0.25, 0.3) is 0 Å². The Hall–Kier alpha value is -1.39. The topological polar surface area (TPSA) is 55.6 Å². The summed E-state index contributed by atoms with van der Waals surface area (Å²) in [6.45, 7) is 0.938. The minimum atomic E-state index is -0.150. The highest BCUT2D eigenvalue weighted by Crippen LogP contribution is 2.03. The first-order valence-corrected chi connectivity index (χ1v) is 5.20. The Morgan fingerprint density at radius 1 is 1.44 bits per heavy atom. The number of rotatable bonds is 5. The molecule has 1 aromatic carbocycles. The number of carbonyl (C=O) groups is 1. The molecule has 1 atom stereocenters. The van der Waals surface area contributed by atoms with Gasteiger partial charge in [-0.05, 0) is 12.1 Å². The Morgan fingerprint density at radius 3 is 2.62 bits per heavy atom. The average molecular weight is 222 g/mol. The first-order valence-electron chi connectivity index (χ1n) is 5.20. The molecule has 1 unspecified atom stereocenters. The summed E-state index contributed by atoms with van der Waals surface area (Å²) < 4.78 is 4.93. The molecular weight excluding hydrogens is 204 g/mol. The molecule has 2 N–H and O–H groups in total. The molecule has 0 radical (unpaired) electrons. The zero-order chi connectivity index (χ0) is 12.0. The zero-order valence-corrected chi connectivity index (χ0v) is 9.72. The van der Waals surface area contributed by atoms with E-state index >= 15 is 0 Å². The highest BCUT2D eigenvalue weighted by molar-refractivity contribution is 5.93. The fourth-order valence-corrected chi connectivity index (χ4v) is 1.50. The van der Waals surface area contributed by atoms with Gasteiger partial charge in [0.15, 0.2) is 0 Å². The first kappa shape index (κ1) is 12.7. The van der Waals surface area contributed by atoms with Crippen LogP contribution in [-0.4, -0.2) is 44.2 Å². The predicted molar refractivity (Wildman–Crippen MR) is 63.3 cm³/mol. The molecule has 0 heterocycles. The van der Waals surface area contributed by atoms with Gasteiger partial charge < -0.3 is 15.4 Å². The van der Waals surface area contributed by atoms with Crippen molar-refractivity contribution in [2.24, 2.45) is 5.73 Å². The maximum atomic E-state index is 11.9. The normalized spacial score (nSPS) is 12.2. The number of benzene rings is 1. The van der Waals surface area contributed by atoms with E-state index in [0.29, 0.717) is 18.7 Å². The summed E-state index contributed by atoms with van der Waals surface area (Å²) in [5.41, 5.74) is 6.46. The standard InChI is InChI=1S/C12H18N2O2/c1-14(8-11(13)9-16-2)12(15)10-6-4-3-5-7-10/h3-7,11H,8-9,13H2,1-2H3. The largest absolute Gasteiger partial charge is 0.383 e. The number of carbonyl (C=O) groups excluding carboxylic acids is 1. The molecule has 88 valence electrons. The van der Waals surface area contributed by atoms with Crippen molar-refractivity contribution >= 4 is 5.91 Å². The Kier molecular flexibility index (Phi) is 4.95. The van der Waals surface area contributed by atoms with E-state index in [1.54, 1.807) is 31.2 Å². The third-order valence-corrected chi connectivity index (χ3v) is 2.26. The molecule has 1 amide bonds. The maximum Gasteiger partial charge on any atom is 0.253 e. The monoisotopic (exact) mass is 222 g/mol. The van der Waals surface area contributed by atoms with Crippen LogP contribution in [0.3, 0.4) is 0 Å². The second-order valence-electron chi connectivity index (χ2n) is 3.77. The highest BCUT2D eigenvalue weighted by atomic mass is 16.5. The molecule has 0 fully saturated rings. The summed E-state index contributed by atoms with van der Waals surface area (Å²) in [7, 11) is 3.34. The van der Waals surface area contributed by atoms with E-state index in [9.17, 15) is 4.79 Å². The number of hydrogen-bond donors (Lipinski definition) is 1. The zero-order valence-electron chi connectivity index (χ0n) is 9.72. The quantitative estimate of drug-likeness (QED) is 0.799. The molecule has 0 aliphatic rings. The lowest BCUT2D eigenvalue weighted by molar-refractivity contribution is 0.0764. The number of nitrogens with two attached hydrogens (primary N) is 1. The average Bonchev–Trinajstić information content (AvgIpc) is 2.29. The molecule has 0 aliphatic heterocycles. The van der Waals surface area contributed by atoms with E-state index < -0.39 is 0 Å².